The van der Waals surface area contributed by atoms with Crippen LogP contribution in [0.3, 0.4) is 0 Å². The number of allylic oxidation sites excluding steroid dienone is 1. The van der Waals surface area contributed by atoms with E-state index in [1.807, 2.05) is 25.6 Å². The molecule has 0 aliphatic carbocycles. The Labute approximate surface area is 184 Å². The van der Waals surface area contributed by atoms with Crippen LogP contribution in [0, 0.1) is 5.92 Å². The van der Waals surface area contributed by atoms with E-state index in [4.69, 9.17) is 26.8 Å². The fraction of sp³-hybridized carbons (Fsp3) is 0.333. The normalized spacial score (nSPS) is 15.2. The topological polar surface area (TPSA) is 93.6 Å². The van der Waals surface area contributed by atoms with Crippen LogP contribution in [0.5, 0.6) is 11.8 Å². The van der Waals surface area contributed by atoms with E-state index in [0.29, 0.717) is 40.7 Å². The van der Waals surface area contributed by atoms with Gasteiger partial charge in [0, 0.05) is 29.6 Å². The fourth-order valence-electron chi connectivity index (χ4n) is 2.67. The first-order valence-corrected chi connectivity index (χ1v) is 11.0. The van der Waals surface area contributed by atoms with Crippen LogP contribution < -0.4 is 14.8 Å². The number of thiocarbonyl (C=S) groups is 1. The van der Waals surface area contributed by atoms with Gasteiger partial charge in [0.2, 0.25) is 11.8 Å². The zero-order valence-electron chi connectivity index (χ0n) is 16.7. The van der Waals surface area contributed by atoms with Crippen molar-refractivity contribution in [2.24, 2.45) is 5.92 Å². The van der Waals surface area contributed by atoms with Crippen LogP contribution in [-0.4, -0.2) is 44.5 Å². The molecule has 1 unspecified atom stereocenters. The maximum atomic E-state index is 11.0. The standard InChI is InChI=1S/C21H23N3O4S2/c1-13(2)28-19-10-16(9-18(24-19)27-7-5-14-6-8-30-12-14)20(29)23-17-4-3-15(11-22-17)21(25)26/h3-4,6,8-11,13-14H,5,7,12H2,1-2H3,(H,25,26)(H,22,23,29). The molecule has 7 nitrogen and oxygen atoms in total. The summed E-state index contributed by atoms with van der Waals surface area (Å²) in [5, 5.41) is 14.1. The van der Waals surface area contributed by atoms with Gasteiger partial charge in [-0.05, 0) is 43.7 Å². The van der Waals surface area contributed by atoms with Crippen LogP contribution >= 0.6 is 24.0 Å². The van der Waals surface area contributed by atoms with Gasteiger partial charge >= 0.3 is 5.97 Å². The molecule has 1 atom stereocenters. The third-order valence-electron chi connectivity index (χ3n) is 4.14. The number of aromatic nitrogens is 2. The molecule has 30 heavy (non-hydrogen) atoms. The third-order valence-corrected chi connectivity index (χ3v) is 5.45. The first-order chi connectivity index (χ1) is 14.4. The molecule has 0 saturated heterocycles. The predicted octanol–water partition coefficient (Wildman–Crippen LogP) is 4.40. The van der Waals surface area contributed by atoms with Crippen molar-refractivity contribution in [3.63, 3.8) is 0 Å². The van der Waals surface area contributed by atoms with Crippen molar-refractivity contribution >= 4 is 40.8 Å². The summed E-state index contributed by atoms with van der Waals surface area (Å²) in [6.07, 6.45) is 4.34. The van der Waals surface area contributed by atoms with E-state index in [1.165, 1.54) is 12.3 Å². The Morgan fingerprint density at radius 2 is 2.13 bits per heavy atom. The number of carboxylic acid groups (broad SMARTS) is 1. The SMILES string of the molecule is CC(C)Oc1cc(C(=S)Nc2ccc(C(=O)O)cn2)cc(OCCC2C=CSC2)n1. The highest BCUT2D eigenvalue weighted by Gasteiger charge is 2.13. The maximum Gasteiger partial charge on any atom is 0.337 e. The predicted molar refractivity (Wildman–Crippen MR) is 122 cm³/mol. The molecule has 0 amide bonds. The number of carbonyl (C=O) groups is 1. The molecule has 0 spiro atoms. The molecule has 3 heterocycles. The molecule has 0 bridgehead atoms. The van der Waals surface area contributed by atoms with Gasteiger partial charge in [0.15, 0.2) is 0 Å². The summed E-state index contributed by atoms with van der Waals surface area (Å²) in [5.74, 6) is 1.88. The van der Waals surface area contributed by atoms with Crippen molar-refractivity contribution in [1.29, 1.82) is 0 Å². The van der Waals surface area contributed by atoms with Crippen molar-refractivity contribution in [1.82, 2.24) is 9.97 Å². The van der Waals surface area contributed by atoms with Crippen molar-refractivity contribution < 1.29 is 19.4 Å². The number of ether oxygens (including phenoxy) is 2. The summed E-state index contributed by atoms with van der Waals surface area (Å²) >= 11 is 7.31. The summed E-state index contributed by atoms with van der Waals surface area (Å²) < 4.78 is 11.6. The van der Waals surface area contributed by atoms with Gasteiger partial charge in [-0.25, -0.2) is 9.78 Å². The number of nitrogens with one attached hydrogen (secondary N) is 1. The highest BCUT2D eigenvalue weighted by molar-refractivity contribution is 8.02. The van der Waals surface area contributed by atoms with E-state index in [0.717, 1.165) is 12.2 Å². The molecule has 3 rings (SSSR count). The molecular formula is C21H23N3O4S2. The van der Waals surface area contributed by atoms with Gasteiger partial charge in [-0.2, -0.15) is 4.98 Å². The molecule has 2 aromatic heterocycles. The fourth-order valence-corrected chi connectivity index (χ4v) is 3.86. The van der Waals surface area contributed by atoms with E-state index >= 15 is 0 Å². The second kappa shape index (κ2) is 10.4. The molecule has 0 radical (unpaired) electrons. The number of rotatable bonds is 9. The second-order valence-electron chi connectivity index (χ2n) is 6.95. The van der Waals surface area contributed by atoms with E-state index in [-0.39, 0.29) is 11.7 Å². The summed E-state index contributed by atoms with van der Waals surface area (Å²) in [5.41, 5.74) is 0.778. The van der Waals surface area contributed by atoms with Crippen LogP contribution in [0.1, 0.15) is 36.2 Å². The number of anilines is 1. The lowest BCUT2D eigenvalue weighted by Gasteiger charge is -2.15. The summed E-state index contributed by atoms with van der Waals surface area (Å²) in [4.78, 5) is 19.9. The first-order valence-electron chi connectivity index (χ1n) is 9.51. The lowest BCUT2D eigenvalue weighted by Crippen LogP contribution is -2.15. The van der Waals surface area contributed by atoms with Crippen molar-refractivity contribution in [3.05, 3.63) is 53.1 Å². The lowest BCUT2D eigenvalue weighted by molar-refractivity contribution is 0.0696. The van der Waals surface area contributed by atoms with Crippen molar-refractivity contribution in [2.75, 3.05) is 17.7 Å². The average molecular weight is 446 g/mol. The quantitative estimate of drug-likeness (QED) is 0.545. The number of carboxylic acids is 1. The molecule has 1 aliphatic heterocycles. The number of thioether (sulfide) groups is 1. The van der Waals surface area contributed by atoms with E-state index in [9.17, 15) is 4.79 Å². The van der Waals surface area contributed by atoms with Crippen molar-refractivity contribution in [3.8, 4) is 11.8 Å². The Balaban J connectivity index is 1.71. The highest BCUT2D eigenvalue weighted by atomic mass is 32.2. The number of pyridine rings is 2. The Hall–Kier alpha value is -2.65. The van der Waals surface area contributed by atoms with Gasteiger partial charge in [-0.1, -0.05) is 18.3 Å². The van der Waals surface area contributed by atoms with Crippen molar-refractivity contribution in [2.45, 2.75) is 26.4 Å². The zero-order valence-corrected chi connectivity index (χ0v) is 18.3. The first kappa shape index (κ1) is 22.0. The second-order valence-corrected chi connectivity index (χ2v) is 8.30. The van der Waals surface area contributed by atoms with Crippen LogP contribution in [0.15, 0.2) is 41.9 Å². The summed E-state index contributed by atoms with van der Waals surface area (Å²) in [6, 6.07) is 6.52. The van der Waals surface area contributed by atoms with Gasteiger partial charge in [0.1, 0.15) is 10.8 Å². The molecule has 0 fully saturated rings. The smallest absolute Gasteiger partial charge is 0.337 e. The number of aromatic carboxylic acids is 1. The number of hydrogen-bond acceptors (Lipinski definition) is 7. The Bertz CT molecular complexity index is 932. The van der Waals surface area contributed by atoms with Gasteiger partial charge in [-0.15, -0.1) is 11.8 Å². The zero-order chi connectivity index (χ0) is 21.5. The molecule has 1 aliphatic rings. The third kappa shape index (κ3) is 6.43. The van der Waals surface area contributed by atoms with Crippen LogP contribution in [-0.2, 0) is 0 Å². The Morgan fingerprint density at radius 3 is 2.77 bits per heavy atom. The maximum absolute atomic E-state index is 11.0. The Morgan fingerprint density at radius 1 is 1.33 bits per heavy atom. The monoisotopic (exact) mass is 445 g/mol. The number of hydrogen-bond donors (Lipinski definition) is 2. The minimum Gasteiger partial charge on any atom is -0.478 e. The molecule has 158 valence electrons. The Kier molecular flexibility index (Phi) is 7.64. The molecule has 2 N–H and O–H groups in total. The average Bonchev–Trinajstić information content (AvgIpc) is 3.21. The summed E-state index contributed by atoms with van der Waals surface area (Å²) in [6.45, 7) is 4.39. The minimum absolute atomic E-state index is 0.0481. The largest absolute Gasteiger partial charge is 0.478 e. The summed E-state index contributed by atoms with van der Waals surface area (Å²) in [7, 11) is 0. The van der Waals surface area contributed by atoms with E-state index in [1.54, 1.807) is 18.2 Å². The van der Waals surface area contributed by atoms with Crippen LogP contribution in [0.4, 0.5) is 5.82 Å². The number of nitrogens with zero attached hydrogens (tertiary/aromatic N) is 2. The van der Waals surface area contributed by atoms with Gasteiger partial charge in [-0.3, -0.25) is 0 Å². The van der Waals surface area contributed by atoms with E-state index < -0.39 is 5.97 Å². The molecule has 9 heteroatoms. The molecular weight excluding hydrogens is 422 g/mol. The molecule has 2 aromatic rings. The minimum atomic E-state index is -1.03. The highest BCUT2D eigenvalue weighted by Crippen LogP contribution is 2.24. The van der Waals surface area contributed by atoms with Gasteiger partial charge in [0.05, 0.1) is 18.3 Å². The molecule has 0 aromatic carbocycles. The van der Waals surface area contributed by atoms with Gasteiger partial charge < -0.3 is 19.9 Å². The van der Waals surface area contributed by atoms with Gasteiger partial charge in [0.25, 0.3) is 0 Å². The molecule has 0 saturated carbocycles. The lowest BCUT2D eigenvalue weighted by atomic mass is 10.1. The van der Waals surface area contributed by atoms with Crippen LogP contribution in [0.2, 0.25) is 0 Å². The van der Waals surface area contributed by atoms with Crippen LogP contribution in [0.25, 0.3) is 0 Å². The van der Waals surface area contributed by atoms with E-state index in [2.05, 4.69) is 26.8 Å².